The van der Waals surface area contributed by atoms with Gasteiger partial charge in [0.05, 0.1) is 11.6 Å². The van der Waals surface area contributed by atoms with Crippen LogP contribution in [0.25, 0.3) is 0 Å². The van der Waals surface area contributed by atoms with E-state index in [4.69, 9.17) is 11.0 Å². The lowest BCUT2D eigenvalue weighted by Gasteiger charge is -2.12. The molecule has 0 amide bonds. The number of benzene rings is 1. The van der Waals surface area contributed by atoms with Gasteiger partial charge in [0.15, 0.2) is 5.16 Å². The number of nitriles is 1. The van der Waals surface area contributed by atoms with Crippen LogP contribution in [0.3, 0.4) is 0 Å². The third-order valence-corrected chi connectivity index (χ3v) is 4.20. The van der Waals surface area contributed by atoms with Crippen molar-refractivity contribution in [1.82, 2.24) is 14.8 Å². The molecule has 0 saturated carbocycles. The number of nitrogens with two attached hydrogens (primary N) is 1. The van der Waals surface area contributed by atoms with Gasteiger partial charge in [-0.2, -0.15) is 5.26 Å². The molecule has 0 bridgehead atoms. The van der Waals surface area contributed by atoms with E-state index in [2.05, 4.69) is 34.7 Å². The minimum Gasteiger partial charge on any atom is -0.330 e. The van der Waals surface area contributed by atoms with E-state index >= 15 is 0 Å². The van der Waals surface area contributed by atoms with Gasteiger partial charge in [0, 0.05) is 18.7 Å². The van der Waals surface area contributed by atoms with Gasteiger partial charge in [-0.1, -0.05) is 37.7 Å². The molecule has 1 aromatic carbocycles. The number of hydrogen-bond donors (Lipinski definition) is 1. The molecule has 2 rings (SSSR count). The lowest BCUT2D eigenvalue weighted by atomic mass is 10.2. The second kappa shape index (κ2) is 7.97. The molecule has 0 aliphatic rings. The molecule has 0 unspecified atom stereocenters. The van der Waals surface area contributed by atoms with Crippen molar-refractivity contribution >= 4 is 11.8 Å². The first kappa shape index (κ1) is 16.5. The van der Waals surface area contributed by atoms with E-state index in [9.17, 15) is 0 Å². The van der Waals surface area contributed by atoms with Crippen molar-refractivity contribution in [2.75, 3.05) is 6.54 Å². The Kier molecular flexibility index (Phi) is 5.99. The summed E-state index contributed by atoms with van der Waals surface area (Å²) < 4.78 is 2.17. The molecule has 22 heavy (non-hydrogen) atoms. The van der Waals surface area contributed by atoms with Crippen molar-refractivity contribution in [3.05, 3.63) is 41.2 Å². The van der Waals surface area contributed by atoms with E-state index in [0.29, 0.717) is 18.0 Å². The molecule has 0 radical (unpaired) electrons. The minimum absolute atomic E-state index is 0.529. The predicted molar refractivity (Wildman–Crippen MR) is 88.3 cm³/mol. The van der Waals surface area contributed by atoms with Crippen LogP contribution in [0, 0.1) is 17.2 Å². The topological polar surface area (TPSA) is 80.5 Å². The van der Waals surface area contributed by atoms with Gasteiger partial charge < -0.3 is 10.3 Å². The number of thioether (sulfide) groups is 1. The Balaban J connectivity index is 2.09. The van der Waals surface area contributed by atoms with Gasteiger partial charge in [-0.3, -0.25) is 0 Å². The zero-order valence-electron chi connectivity index (χ0n) is 13.0. The highest BCUT2D eigenvalue weighted by molar-refractivity contribution is 7.98. The van der Waals surface area contributed by atoms with Crippen LogP contribution in [-0.4, -0.2) is 21.3 Å². The van der Waals surface area contributed by atoms with E-state index in [-0.39, 0.29) is 0 Å². The number of hydrogen-bond acceptors (Lipinski definition) is 5. The highest BCUT2D eigenvalue weighted by Gasteiger charge is 2.13. The predicted octanol–water partition coefficient (Wildman–Crippen LogP) is 2.60. The first-order valence-corrected chi connectivity index (χ1v) is 8.36. The number of aromatic nitrogens is 3. The molecule has 2 aromatic rings. The second-order valence-corrected chi connectivity index (χ2v) is 6.48. The van der Waals surface area contributed by atoms with Crippen LogP contribution < -0.4 is 5.73 Å². The van der Waals surface area contributed by atoms with Crippen molar-refractivity contribution in [2.45, 2.75) is 37.7 Å². The highest BCUT2D eigenvalue weighted by Crippen LogP contribution is 2.23. The van der Waals surface area contributed by atoms with E-state index < -0.39 is 0 Å². The molecule has 6 heteroatoms. The Morgan fingerprint density at radius 1 is 1.27 bits per heavy atom. The Morgan fingerprint density at radius 3 is 2.59 bits per heavy atom. The third kappa shape index (κ3) is 4.33. The third-order valence-electron chi connectivity index (χ3n) is 3.16. The van der Waals surface area contributed by atoms with E-state index in [1.54, 1.807) is 11.8 Å². The van der Waals surface area contributed by atoms with Crippen LogP contribution in [-0.2, 0) is 18.7 Å². The van der Waals surface area contributed by atoms with Gasteiger partial charge in [-0.25, -0.2) is 0 Å². The van der Waals surface area contributed by atoms with Gasteiger partial charge in [0.2, 0.25) is 0 Å². The van der Waals surface area contributed by atoms with Gasteiger partial charge in [-0.05, 0) is 30.2 Å². The fourth-order valence-corrected chi connectivity index (χ4v) is 3.03. The fraction of sp³-hybridized carbons (Fsp3) is 0.438. The lowest BCUT2D eigenvalue weighted by Crippen LogP contribution is -2.13. The summed E-state index contributed by atoms with van der Waals surface area (Å²) in [4.78, 5) is 0. The first-order valence-electron chi connectivity index (χ1n) is 7.38. The minimum atomic E-state index is 0.529. The van der Waals surface area contributed by atoms with E-state index in [1.807, 2.05) is 24.3 Å². The second-order valence-electron chi connectivity index (χ2n) is 5.54. The van der Waals surface area contributed by atoms with Gasteiger partial charge in [0.1, 0.15) is 5.82 Å². The Morgan fingerprint density at radius 2 is 2.00 bits per heavy atom. The monoisotopic (exact) mass is 315 g/mol. The molecule has 116 valence electrons. The average Bonchev–Trinajstić information content (AvgIpc) is 2.88. The van der Waals surface area contributed by atoms with Crippen LogP contribution in [0.5, 0.6) is 0 Å². The molecule has 1 heterocycles. The van der Waals surface area contributed by atoms with Crippen molar-refractivity contribution < 1.29 is 0 Å². The zero-order chi connectivity index (χ0) is 15.9. The summed E-state index contributed by atoms with van der Waals surface area (Å²) in [5.41, 5.74) is 7.50. The number of rotatable bonds is 7. The van der Waals surface area contributed by atoms with Crippen molar-refractivity contribution in [3.63, 3.8) is 0 Å². The van der Waals surface area contributed by atoms with Crippen LogP contribution in [0.15, 0.2) is 29.4 Å². The standard InChI is InChI=1S/C16H21N5S/c1-12(2)10-21-15(7-8-17)19-20-16(21)22-11-14-5-3-13(9-18)4-6-14/h3-6,12H,7-8,10-11,17H2,1-2H3. The Bertz CT molecular complexity index is 640. The quantitative estimate of drug-likeness (QED) is 0.794. The molecule has 0 spiro atoms. The molecule has 0 aliphatic carbocycles. The van der Waals surface area contributed by atoms with E-state index in [1.165, 1.54) is 5.56 Å². The molecule has 0 aliphatic heterocycles. The zero-order valence-corrected chi connectivity index (χ0v) is 13.8. The molecule has 0 saturated heterocycles. The Labute approximate surface area is 135 Å². The molecular weight excluding hydrogens is 294 g/mol. The maximum Gasteiger partial charge on any atom is 0.191 e. The van der Waals surface area contributed by atoms with Gasteiger partial charge >= 0.3 is 0 Å². The molecule has 5 nitrogen and oxygen atoms in total. The first-order chi connectivity index (χ1) is 10.6. The van der Waals surface area contributed by atoms with Crippen molar-refractivity contribution in [1.29, 1.82) is 5.26 Å². The number of nitrogens with zero attached hydrogens (tertiary/aromatic N) is 4. The highest BCUT2D eigenvalue weighted by atomic mass is 32.2. The summed E-state index contributed by atoms with van der Waals surface area (Å²) >= 11 is 1.67. The van der Waals surface area contributed by atoms with Crippen molar-refractivity contribution in [3.8, 4) is 6.07 Å². The summed E-state index contributed by atoms with van der Waals surface area (Å²) in [6.07, 6.45) is 0.747. The van der Waals surface area contributed by atoms with Crippen LogP contribution in [0.2, 0.25) is 0 Å². The molecule has 2 N–H and O–H groups in total. The molecular formula is C16H21N5S. The molecule has 0 atom stereocenters. The SMILES string of the molecule is CC(C)Cn1c(CCN)nnc1SCc1ccc(C#N)cc1. The van der Waals surface area contributed by atoms with Crippen LogP contribution in [0.1, 0.15) is 30.8 Å². The smallest absolute Gasteiger partial charge is 0.191 e. The van der Waals surface area contributed by atoms with E-state index in [0.717, 1.165) is 29.7 Å². The maximum absolute atomic E-state index is 8.82. The van der Waals surface area contributed by atoms with Gasteiger partial charge in [-0.15, -0.1) is 10.2 Å². The summed E-state index contributed by atoms with van der Waals surface area (Å²) in [6, 6.07) is 9.78. The summed E-state index contributed by atoms with van der Waals surface area (Å²) in [7, 11) is 0. The maximum atomic E-state index is 8.82. The summed E-state index contributed by atoms with van der Waals surface area (Å²) in [5, 5.41) is 18.3. The van der Waals surface area contributed by atoms with Crippen LogP contribution in [0.4, 0.5) is 0 Å². The van der Waals surface area contributed by atoms with Crippen LogP contribution >= 0.6 is 11.8 Å². The molecule has 0 fully saturated rings. The average molecular weight is 315 g/mol. The lowest BCUT2D eigenvalue weighted by molar-refractivity contribution is 0.479. The fourth-order valence-electron chi connectivity index (χ4n) is 2.11. The largest absolute Gasteiger partial charge is 0.330 e. The molecule has 1 aromatic heterocycles. The summed E-state index contributed by atoms with van der Waals surface area (Å²) in [6.45, 7) is 5.84. The normalized spacial score (nSPS) is 10.9. The van der Waals surface area contributed by atoms with Gasteiger partial charge in [0.25, 0.3) is 0 Å². The summed E-state index contributed by atoms with van der Waals surface area (Å²) in [5.74, 6) is 2.30. The van der Waals surface area contributed by atoms with Crippen molar-refractivity contribution in [2.24, 2.45) is 11.7 Å². The Hall–Kier alpha value is -1.84.